The fourth-order valence-electron chi connectivity index (χ4n) is 2.71. The van der Waals surface area contributed by atoms with E-state index >= 15 is 0 Å². The third-order valence-corrected chi connectivity index (χ3v) is 5.55. The number of nitrogens with one attached hydrogen (secondary N) is 1. The highest BCUT2D eigenvalue weighted by Gasteiger charge is 2.41. The Labute approximate surface area is 164 Å². The van der Waals surface area contributed by atoms with Crippen LogP contribution in [0.5, 0.6) is 0 Å². The van der Waals surface area contributed by atoms with Crippen LogP contribution in [0.15, 0.2) is 15.1 Å². The summed E-state index contributed by atoms with van der Waals surface area (Å²) in [7, 11) is 0. The molecule has 0 spiro atoms. The molecule has 1 aliphatic rings. The number of rotatable bonds is 6. The highest BCUT2D eigenvalue weighted by molar-refractivity contribution is 9.10. The second-order valence-electron chi connectivity index (χ2n) is 6.01. The van der Waals surface area contributed by atoms with Gasteiger partial charge in [0.2, 0.25) is 5.91 Å². The van der Waals surface area contributed by atoms with Crippen LogP contribution in [0.2, 0.25) is 0 Å². The summed E-state index contributed by atoms with van der Waals surface area (Å²) in [6, 6.07) is 0. The summed E-state index contributed by atoms with van der Waals surface area (Å²) in [6.45, 7) is 2.52. The van der Waals surface area contributed by atoms with Crippen LogP contribution in [0.25, 0.3) is 0 Å². The van der Waals surface area contributed by atoms with E-state index in [4.69, 9.17) is 0 Å². The Balaban J connectivity index is 1.74. The van der Waals surface area contributed by atoms with E-state index in [1.807, 2.05) is 6.92 Å². The quantitative estimate of drug-likeness (QED) is 0.658. The SMILES string of the molecule is CCn1ncc(Br)c1CNC(=O)Cn1nc(C(F)(F)F)c(Br)c1C1CC1. The molecule has 1 aliphatic carbocycles. The van der Waals surface area contributed by atoms with Gasteiger partial charge in [-0.2, -0.15) is 23.4 Å². The third-order valence-electron chi connectivity index (χ3n) is 4.11. The maximum absolute atomic E-state index is 13.1. The van der Waals surface area contributed by atoms with E-state index in [1.165, 1.54) is 0 Å². The van der Waals surface area contributed by atoms with Gasteiger partial charge in [0, 0.05) is 12.5 Å². The molecule has 2 aromatic rings. The highest BCUT2D eigenvalue weighted by atomic mass is 79.9. The first-order valence-electron chi connectivity index (χ1n) is 8.02. The molecule has 0 aromatic carbocycles. The Morgan fingerprint density at radius 3 is 2.62 bits per heavy atom. The summed E-state index contributed by atoms with van der Waals surface area (Å²) in [5, 5.41) is 10.5. The van der Waals surface area contributed by atoms with Gasteiger partial charge in [-0.15, -0.1) is 0 Å². The number of alkyl halides is 3. The van der Waals surface area contributed by atoms with Gasteiger partial charge >= 0.3 is 6.18 Å². The Morgan fingerprint density at radius 1 is 1.35 bits per heavy atom. The number of halogens is 5. The first-order valence-corrected chi connectivity index (χ1v) is 9.61. The van der Waals surface area contributed by atoms with Crippen LogP contribution in [0.4, 0.5) is 13.2 Å². The van der Waals surface area contributed by atoms with Gasteiger partial charge in [-0.3, -0.25) is 14.2 Å². The van der Waals surface area contributed by atoms with E-state index in [2.05, 4.69) is 47.4 Å². The monoisotopic (exact) mass is 497 g/mol. The molecule has 6 nitrogen and oxygen atoms in total. The van der Waals surface area contributed by atoms with Crippen LogP contribution in [0.1, 0.15) is 42.8 Å². The molecule has 11 heteroatoms. The first kappa shape index (κ1) is 19.4. The van der Waals surface area contributed by atoms with Crippen molar-refractivity contribution in [2.75, 3.05) is 0 Å². The summed E-state index contributed by atoms with van der Waals surface area (Å²) < 4.78 is 42.9. The van der Waals surface area contributed by atoms with Crippen LogP contribution in [-0.2, 0) is 30.6 Å². The van der Waals surface area contributed by atoms with Crippen LogP contribution in [0, 0.1) is 0 Å². The molecule has 1 saturated carbocycles. The molecule has 1 amide bonds. The van der Waals surface area contributed by atoms with Gasteiger partial charge in [0.05, 0.1) is 33.1 Å². The number of aryl methyl sites for hydroxylation is 1. The van der Waals surface area contributed by atoms with Gasteiger partial charge in [0.15, 0.2) is 5.69 Å². The van der Waals surface area contributed by atoms with Crippen molar-refractivity contribution in [3.8, 4) is 0 Å². The zero-order valence-electron chi connectivity index (χ0n) is 13.8. The minimum absolute atomic E-state index is 0.0106. The summed E-state index contributed by atoms with van der Waals surface area (Å²) in [6.07, 6.45) is -1.34. The molecule has 142 valence electrons. The Bertz CT molecular complexity index is 826. The smallest absolute Gasteiger partial charge is 0.349 e. The lowest BCUT2D eigenvalue weighted by atomic mass is 10.2. The van der Waals surface area contributed by atoms with Crippen LogP contribution >= 0.6 is 31.9 Å². The number of nitrogens with zero attached hydrogens (tertiary/aromatic N) is 4. The maximum Gasteiger partial charge on any atom is 0.436 e. The zero-order chi connectivity index (χ0) is 19.1. The lowest BCUT2D eigenvalue weighted by molar-refractivity contribution is -0.142. The molecule has 1 N–H and O–H groups in total. The van der Waals surface area contributed by atoms with Crippen molar-refractivity contribution < 1.29 is 18.0 Å². The van der Waals surface area contributed by atoms with Crippen molar-refractivity contribution in [2.45, 2.75) is 51.5 Å². The maximum atomic E-state index is 13.1. The molecule has 0 bridgehead atoms. The molecule has 26 heavy (non-hydrogen) atoms. The average Bonchev–Trinajstić information content (AvgIpc) is 3.24. The van der Waals surface area contributed by atoms with Crippen molar-refractivity contribution in [1.82, 2.24) is 24.9 Å². The largest absolute Gasteiger partial charge is 0.436 e. The van der Waals surface area contributed by atoms with Gasteiger partial charge in [-0.25, -0.2) is 0 Å². The van der Waals surface area contributed by atoms with E-state index in [0.717, 1.165) is 27.7 Å². The first-order chi connectivity index (χ1) is 12.2. The van der Waals surface area contributed by atoms with Crippen molar-refractivity contribution in [2.24, 2.45) is 0 Å². The van der Waals surface area contributed by atoms with E-state index in [0.29, 0.717) is 12.2 Å². The van der Waals surface area contributed by atoms with E-state index in [9.17, 15) is 18.0 Å². The Hall–Kier alpha value is -1.36. The summed E-state index contributed by atoms with van der Waals surface area (Å²) in [4.78, 5) is 12.3. The van der Waals surface area contributed by atoms with Crippen LogP contribution in [-0.4, -0.2) is 25.5 Å². The summed E-state index contributed by atoms with van der Waals surface area (Å²) in [5.74, 6) is -0.400. The fraction of sp³-hybridized carbons (Fsp3) is 0.533. The van der Waals surface area contributed by atoms with Crippen LogP contribution in [0.3, 0.4) is 0 Å². The molecule has 1 fully saturated rings. The minimum atomic E-state index is -4.57. The van der Waals surface area contributed by atoms with E-state index in [1.54, 1.807) is 10.9 Å². The van der Waals surface area contributed by atoms with E-state index < -0.39 is 17.8 Å². The molecule has 2 heterocycles. The third kappa shape index (κ3) is 3.98. The normalized spacial score (nSPS) is 14.7. The molecule has 0 radical (unpaired) electrons. The average molecular weight is 499 g/mol. The molecular weight excluding hydrogens is 483 g/mol. The molecule has 0 atom stereocenters. The van der Waals surface area contributed by atoms with Gasteiger partial charge in [-0.05, 0) is 51.6 Å². The van der Waals surface area contributed by atoms with E-state index in [-0.39, 0.29) is 23.5 Å². The molecule has 3 rings (SSSR count). The summed E-state index contributed by atoms with van der Waals surface area (Å²) in [5.41, 5.74) is 0.243. The molecule has 0 unspecified atom stereocenters. The van der Waals surface area contributed by atoms with Gasteiger partial charge in [-0.1, -0.05) is 0 Å². The topological polar surface area (TPSA) is 64.7 Å². The lowest BCUT2D eigenvalue weighted by Gasteiger charge is -2.10. The number of amides is 1. The standard InChI is InChI=1S/C15H16Br2F3N5O/c1-2-24-10(9(16)5-22-24)6-21-11(26)7-25-13(8-3-4-8)12(17)14(23-25)15(18,19)20/h5,8H,2-4,6-7H2,1H3,(H,21,26). The minimum Gasteiger partial charge on any atom is -0.349 e. The predicted octanol–water partition coefficient (Wildman–Crippen LogP) is 3.84. The number of hydrogen-bond donors (Lipinski definition) is 1. The zero-order valence-corrected chi connectivity index (χ0v) is 16.9. The van der Waals surface area contributed by atoms with Gasteiger partial charge < -0.3 is 5.32 Å². The molecule has 2 aromatic heterocycles. The summed E-state index contributed by atoms with van der Waals surface area (Å²) >= 11 is 6.38. The van der Waals surface area contributed by atoms with Crippen molar-refractivity contribution >= 4 is 37.8 Å². The number of hydrogen-bond acceptors (Lipinski definition) is 3. The van der Waals surface area contributed by atoms with Crippen molar-refractivity contribution in [3.63, 3.8) is 0 Å². The van der Waals surface area contributed by atoms with Crippen molar-refractivity contribution in [1.29, 1.82) is 0 Å². The lowest BCUT2D eigenvalue weighted by Crippen LogP contribution is -2.29. The van der Waals surface area contributed by atoms with Crippen LogP contribution < -0.4 is 5.32 Å². The predicted molar refractivity (Wildman–Crippen MR) is 94.4 cm³/mol. The number of carbonyl (C=O) groups excluding carboxylic acids is 1. The second kappa shape index (κ2) is 7.34. The fourth-order valence-corrected chi connectivity index (χ4v) is 3.98. The molecular formula is C15H16Br2F3N5O. The van der Waals surface area contributed by atoms with Crippen molar-refractivity contribution in [3.05, 3.63) is 32.2 Å². The Kier molecular flexibility index (Phi) is 5.48. The second-order valence-corrected chi connectivity index (χ2v) is 7.66. The van der Waals surface area contributed by atoms with Gasteiger partial charge in [0.1, 0.15) is 6.54 Å². The number of aromatic nitrogens is 4. The number of carbonyl (C=O) groups is 1. The molecule has 0 aliphatic heterocycles. The van der Waals surface area contributed by atoms with Gasteiger partial charge in [0.25, 0.3) is 0 Å². The Morgan fingerprint density at radius 2 is 2.04 bits per heavy atom. The highest BCUT2D eigenvalue weighted by Crippen LogP contribution is 2.46. The molecule has 0 saturated heterocycles.